The van der Waals surface area contributed by atoms with Crippen LogP contribution in [0, 0.1) is 0 Å². The standard InChI is InChI=1S/C13H20N2O/c1-2-12-9-11(10-16)14-15(12)13-7-5-3-4-6-8-13/h9-10,13H,2-8H2,1H3. The van der Waals surface area contributed by atoms with Gasteiger partial charge in [-0.05, 0) is 25.3 Å². The first kappa shape index (κ1) is 11.4. The van der Waals surface area contributed by atoms with Gasteiger partial charge in [-0.1, -0.05) is 32.6 Å². The first-order valence-electron chi connectivity index (χ1n) is 6.38. The van der Waals surface area contributed by atoms with Gasteiger partial charge >= 0.3 is 0 Å². The molecule has 0 atom stereocenters. The second-order valence-electron chi connectivity index (χ2n) is 4.62. The van der Waals surface area contributed by atoms with Crippen LogP contribution in [-0.2, 0) is 6.42 Å². The molecule has 0 unspecified atom stereocenters. The van der Waals surface area contributed by atoms with Crippen LogP contribution in [-0.4, -0.2) is 16.1 Å². The monoisotopic (exact) mass is 220 g/mol. The summed E-state index contributed by atoms with van der Waals surface area (Å²) in [5.74, 6) is 0. The van der Waals surface area contributed by atoms with Crippen molar-refractivity contribution in [1.29, 1.82) is 0 Å². The van der Waals surface area contributed by atoms with Gasteiger partial charge in [0.15, 0.2) is 6.29 Å². The third kappa shape index (κ3) is 2.34. The van der Waals surface area contributed by atoms with Crippen LogP contribution in [0.15, 0.2) is 6.07 Å². The van der Waals surface area contributed by atoms with Crippen molar-refractivity contribution in [3.63, 3.8) is 0 Å². The molecule has 0 spiro atoms. The first-order valence-corrected chi connectivity index (χ1v) is 6.38. The van der Waals surface area contributed by atoms with Crippen LogP contribution >= 0.6 is 0 Å². The van der Waals surface area contributed by atoms with Gasteiger partial charge < -0.3 is 0 Å². The third-order valence-corrected chi connectivity index (χ3v) is 3.49. The van der Waals surface area contributed by atoms with Crippen LogP contribution in [0.4, 0.5) is 0 Å². The number of rotatable bonds is 3. The second-order valence-corrected chi connectivity index (χ2v) is 4.62. The van der Waals surface area contributed by atoms with E-state index in [0.29, 0.717) is 11.7 Å². The highest BCUT2D eigenvalue weighted by molar-refractivity contribution is 5.71. The molecule has 3 nitrogen and oxygen atoms in total. The highest BCUT2D eigenvalue weighted by Gasteiger charge is 2.17. The number of aryl methyl sites for hydroxylation is 1. The number of carbonyl (C=O) groups excluding carboxylic acids is 1. The third-order valence-electron chi connectivity index (χ3n) is 3.49. The molecular weight excluding hydrogens is 200 g/mol. The molecule has 3 heteroatoms. The molecule has 0 aromatic carbocycles. The van der Waals surface area contributed by atoms with Gasteiger partial charge in [0.25, 0.3) is 0 Å². The summed E-state index contributed by atoms with van der Waals surface area (Å²) in [6.07, 6.45) is 9.53. The van der Waals surface area contributed by atoms with Crippen LogP contribution in [0.3, 0.4) is 0 Å². The zero-order valence-corrected chi connectivity index (χ0v) is 9.98. The van der Waals surface area contributed by atoms with Gasteiger partial charge in [-0.2, -0.15) is 5.10 Å². The zero-order valence-electron chi connectivity index (χ0n) is 9.98. The average Bonchev–Trinajstić information content (AvgIpc) is 2.55. The molecule has 1 heterocycles. The van der Waals surface area contributed by atoms with Crippen molar-refractivity contribution in [3.8, 4) is 0 Å². The highest BCUT2D eigenvalue weighted by atomic mass is 16.1. The smallest absolute Gasteiger partial charge is 0.170 e. The number of hydrogen-bond donors (Lipinski definition) is 0. The number of aromatic nitrogens is 2. The molecule has 1 saturated carbocycles. The maximum Gasteiger partial charge on any atom is 0.170 e. The van der Waals surface area contributed by atoms with E-state index in [2.05, 4.69) is 16.7 Å². The van der Waals surface area contributed by atoms with E-state index in [9.17, 15) is 4.79 Å². The Morgan fingerprint density at radius 2 is 2.06 bits per heavy atom. The van der Waals surface area contributed by atoms with Crippen molar-refractivity contribution in [2.45, 2.75) is 57.9 Å². The lowest BCUT2D eigenvalue weighted by Crippen LogP contribution is -2.13. The van der Waals surface area contributed by atoms with E-state index in [0.717, 1.165) is 12.7 Å². The van der Waals surface area contributed by atoms with Crippen molar-refractivity contribution < 1.29 is 4.79 Å². The Bertz CT molecular complexity index is 349. The van der Waals surface area contributed by atoms with Crippen LogP contribution in [0.2, 0.25) is 0 Å². The molecule has 16 heavy (non-hydrogen) atoms. The van der Waals surface area contributed by atoms with E-state index in [1.54, 1.807) is 0 Å². The minimum Gasteiger partial charge on any atom is -0.296 e. The number of nitrogens with zero attached hydrogens (tertiary/aromatic N) is 2. The van der Waals surface area contributed by atoms with Crippen molar-refractivity contribution in [2.24, 2.45) is 0 Å². The largest absolute Gasteiger partial charge is 0.296 e. The van der Waals surface area contributed by atoms with Gasteiger partial charge in [-0.3, -0.25) is 9.48 Å². The van der Waals surface area contributed by atoms with Crippen LogP contribution in [0.5, 0.6) is 0 Å². The molecule has 1 aromatic rings. The minimum absolute atomic E-state index is 0.520. The molecule has 1 aliphatic rings. The number of aldehydes is 1. The number of hydrogen-bond acceptors (Lipinski definition) is 2. The summed E-state index contributed by atoms with van der Waals surface area (Å²) in [6, 6.07) is 2.45. The van der Waals surface area contributed by atoms with E-state index in [4.69, 9.17) is 0 Å². The molecule has 0 saturated heterocycles. The predicted molar refractivity (Wildman–Crippen MR) is 63.7 cm³/mol. The topological polar surface area (TPSA) is 34.9 Å². The molecule has 0 aliphatic heterocycles. The van der Waals surface area contributed by atoms with E-state index >= 15 is 0 Å². The van der Waals surface area contributed by atoms with Gasteiger partial charge in [0.2, 0.25) is 0 Å². The second kappa shape index (κ2) is 5.28. The molecule has 0 bridgehead atoms. The van der Waals surface area contributed by atoms with E-state index < -0.39 is 0 Å². The van der Waals surface area contributed by atoms with Crippen molar-refractivity contribution in [1.82, 2.24) is 9.78 Å². The maximum atomic E-state index is 10.8. The average molecular weight is 220 g/mol. The maximum absolute atomic E-state index is 10.8. The predicted octanol–water partition coefficient (Wildman–Crippen LogP) is 3.15. The fraction of sp³-hybridized carbons (Fsp3) is 0.692. The summed E-state index contributed by atoms with van der Waals surface area (Å²) in [7, 11) is 0. The van der Waals surface area contributed by atoms with Crippen LogP contribution in [0.25, 0.3) is 0 Å². The summed E-state index contributed by atoms with van der Waals surface area (Å²) in [4.78, 5) is 10.8. The summed E-state index contributed by atoms with van der Waals surface area (Å²) in [5, 5.41) is 4.41. The normalized spacial score (nSPS) is 18.3. The van der Waals surface area contributed by atoms with E-state index in [1.165, 1.54) is 44.2 Å². The SMILES string of the molecule is CCc1cc(C=O)nn1C1CCCCCC1. The Morgan fingerprint density at radius 1 is 1.38 bits per heavy atom. The van der Waals surface area contributed by atoms with Crippen molar-refractivity contribution >= 4 is 6.29 Å². The minimum atomic E-state index is 0.520. The molecule has 1 fully saturated rings. The van der Waals surface area contributed by atoms with Crippen molar-refractivity contribution in [3.05, 3.63) is 17.5 Å². The van der Waals surface area contributed by atoms with Gasteiger partial charge in [0.05, 0.1) is 6.04 Å². The fourth-order valence-corrected chi connectivity index (χ4v) is 2.59. The van der Waals surface area contributed by atoms with Gasteiger partial charge in [-0.25, -0.2) is 0 Å². The summed E-state index contributed by atoms with van der Waals surface area (Å²) < 4.78 is 2.11. The van der Waals surface area contributed by atoms with Crippen LogP contribution < -0.4 is 0 Å². The van der Waals surface area contributed by atoms with Gasteiger partial charge in [0, 0.05) is 5.69 Å². The van der Waals surface area contributed by atoms with Gasteiger partial charge in [-0.15, -0.1) is 0 Å². The lowest BCUT2D eigenvalue weighted by molar-refractivity contribution is 0.111. The first-order chi connectivity index (χ1) is 7.85. The lowest BCUT2D eigenvalue weighted by Gasteiger charge is -2.17. The number of carbonyl (C=O) groups is 1. The van der Waals surface area contributed by atoms with Crippen LogP contribution in [0.1, 0.15) is 67.7 Å². The molecule has 88 valence electrons. The molecule has 1 aliphatic carbocycles. The van der Waals surface area contributed by atoms with Crippen molar-refractivity contribution in [2.75, 3.05) is 0 Å². The Balaban J connectivity index is 2.22. The highest BCUT2D eigenvalue weighted by Crippen LogP contribution is 2.28. The quantitative estimate of drug-likeness (QED) is 0.579. The summed E-state index contributed by atoms with van der Waals surface area (Å²) >= 11 is 0. The molecular formula is C13H20N2O. The Kier molecular flexibility index (Phi) is 3.75. The molecule has 0 N–H and O–H groups in total. The Hall–Kier alpha value is -1.12. The van der Waals surface area contributed by atoms with Gasteiger partial charge in [0.1, 0.15) is 5.69 Å². The fourth-order valence-electron chi connectivity index (χ4n) is 2.59. The van der Waals surface area contributed by atoms with E-state index in [1.807, 2.05) is 6.07 Å². The Labute approximate surface area is 96.8 Å². The molecule has 1 aromatic heterocycles. The lowest BCUT2D eigenvalue weighted by atomic mass is 10.1. The molecule has 2 rings (SSSR count). The Morgan fingerprint density at radius 3 is 2.62 bits per heavy atom. The molecule has 0 amide bonds. The summed E-state index contributed by atoms with van der Waals surface area (Å²) in [6.45, 7) is 2.12. The summed E-state index contributed by atoms with van der Waals surface area (Å²) in [5.41, 5.74) is 1.79. The molecule has 0 radical (unpaired) electrons. The van der Waals surface area contributed by atoms with E-state index in [-0.39, 0.29) is 0 Å². The zero-order chi connectivity index (χ0) is 11.4.